The highest BCUT2D eigenvalue weighted by Gasteiger charge is 2.17. The quantitative estimate of drug-likeness (QED) is 0.117. The van der Waals surface area contributed by atoms with Crippen molar-refractivity contribution in [2.24, 2.45) is 0 Å². The topological polar surface area (TPSA) is 162 Å². The van der Waals surface area contributed by atoms with Crippen molar-refractivity contribution in [3.8, 4) is 48.4 Å². The smallest absolute Gasteiger partial charge is 0.258 e. The van der Waals surface area contributed by atoms with Crippen LogP contribution in [-0.2, 0) is 0 Å². The molecule has 382 valence electrons. The lowest BCUT2D eigenvalue weighted by atomic mass is 10.1. The van der Waals surface area contributed by atoms with Gasteiger partial charge in [0.25, 0.3) is 11.4 Å². The molecule has 4 aromatic heterocycles. The molecule has 0 N–H and O–H groups in total. The molecule has 0 aliphatic carbocycles. The number of hydrogen-bond acceptors (Lipinski definition) is 13. The Balaban J connectivity index is 0.000000125. The number of non-ortho nitro benzene ring substituents is 1. The van der Waals surface area contributed by atoms with Crippen LogP contribution in [-0.4, -0.2) is 29.8 Å². The molecule has 15 heteroatoms. The first-order valence-corrected chi connectivity index (χ1v) is 27.8. The third kappa shape index (κ3) is 11.6. The molecule has 77 heavy (non-hydrogen) atoms. The first-order chi connectivity index (χ1) is 37.0. The molecule has 12 rings (SSSR count). The van der Waals surface area contributed by atoms with Crippen molar-refractivity contribution in [2.75, 3.05) is 0 Å². The molecule has 0 bridgehead atoms. The number of rotatable bonds is 6. The van der Waals surface area contributed by atoms with Crippen molar-refractivity contribution in [3.63, 3.8) is 0 Å². The Hall–Kier alpha value is -8.39. The third-order valence-electron chi connectivity index (χ3n) is 13.0. The molecule has 11 nitrogen and oxygen atoms in total. The molecule has 0 saturated heterocycles. The zero-order chi connectivity index (χ0) is 54.7. The zero-order valence-electron chi connectivity index (χ0n) is 43.8. The number of nitrogens with zero attached hydrogens (tertiary/aromatic N) is 7. The van der Waals surface area contributed by atoms with Gasteiger partial charge in [-0.3, -0.25) is 20.2 Å². The second-order valence-corrected chi connectivity index (χ2v) is 22.7. The molecule has 0 aliphatic heterocycles. The highest BCUT2D eigenvalue weighted by Crippen LogP contribution is 2.38. The van der Waals surface area contributed by atoms with Gasteiger partial charge in [0.15, 0.2) is 0 Å². The molecular weight excluding hydrogens is 1030 g/mol. The van der Waals surface area contributed by atoms with Gasteiger partial charge in [-0.25, -0.2) is 19.9 Å². The zero-order valence-corrected chi connectivity index (χ0v) is 47.0. The number of nitriles is 1. The SMILES string of the molecule is Cc1cc(-c2nc3c(C)ccc(C)c3s2)ccc1[N+](=O)[O-].Cc1ccc(C)c2sc(-c3ccc(C#N)cc3)nc12.Cc1ccc(C)c2sc(-c3ccc([N+](=O)[O-])cc3)nc12.Cc1ccc(C)c2sc(-c3ccccc3)nc12. The molecule has 12 aromatic rings. The second kappa shape index (κ2) is 22.8. The van der Waals surface area contributed by atoms with Crippen molar-refractivity contribution in [1.82, 2.24) is 19.9 Å². The van der Waals surface area contributed by atoms with E-state index < -0.39 is 4.92 Å². The molecule has 8 aromatic carbocycles. The number of nitro groups is 2. The fraction of sp³-hybridized carbons (Fsp3) is 0.145. The van der Waals surface area contributed by atoms with Gasteiger partial charge in [0.1, 0.15) is 20.0 Å². The summed E-state index contributed by atoms with van der Waals surface area (Å²) in [4.78, 5) is 39.7. The lowest BCUT2D eigenvalue weighted by Crippen LogP contribution is -1.91. The summed E-state index contributed by atoms with van der Waals surface area (Å²) < 4.78 is 4.92. The Kier molecular flexibility index (Phi) is 15.8. The van der Waals surface area contributed by atoms with Crippen LogP contribution in [0.25, 0.3) is 83.2 Å². The first kappa shape index (κ1) is 53.4. The van der Waals surface area contributed by atoms with E-state index >= 15 is 0 Å². The fourth-order valence-electron chi connectivity index (χ4n) is 8.52. The fourth-order valence-corrected chi connectivity index (χ4v) is 13.0. The van der Waals surface area contributed by atoms with Gasteiger partial charge in [-0.2, -0.15) is 5.26 Å². The van der Waals surface area contributed by atoms with Crippen LogP contribution in [0.3, 0.4) is 0 Å². The van der Waals surface area contributed by atoms with E-state index in [0.717, 1.165) is 69.9 Å². The Morgan fingerprint density at radius 1 is 0.377 bits per heavy atom. The van der Waals surface area contributed by atoms with Crippen molar-refractivity contribution in [2.45, 2.75) is 62.3 Å². The molecule has 0 unspecified atom stereocenters. The van der Waals surface area contributed by atoms with E-state index in [4.69, 9.17) is 20.2 Å². The molecule has 0 radical (unpaired) electrons. The van der Waals surface area contributed by atoms with Crippen LogP contribution < -0.4 is 0 Å². The molecule has 4 heterocycles. The number of hydrogen-bond donors (Lipinski definition) is 0. The largest absolute Gasteiger partial charge is 0.272 e. The maximum absolute atomic E-state index is 10.9. The lowest BCUT2D eigenvalue weighted by Gasteiger charge is -1.99. The summed E-state index contributed by atoms with van der Waals surface area (Å²) in [7, 11) is 0. The van der Waals surface area contributed by atoms with E-state index in [2.05, 4.69) is 125 Å². The summed E-state index contributed by atoms with van der Waals surface area (Å²) >= 11 is 6.75. The van der Waals surface area contributed by atoms with Crippen LogP contribution >= 0.6 is 45.3 Å². The lowest BCUT2D eigenvalue weighted by molar-refractivity contribution is -0.385. The molecule has 0 amide bonds. The van der Waals surface area contributed by atoms with Crippen LogP contribution in [0.5, 0.6) is 0 Å². The number of thiazole rings is 4. The van der Waals surface area contributed by atoms with E-state index in [1.54, 1.807) is 76.5 Å². The second-order valence-electron chi connectivity index (χ2n) is 18.7. The van der Waals surface area contributed by atoms with E-state index in [0.29, 0.717) is 11.1 Å². The van der Waals surface area contributed by atoms with Crippen LogP contribution in [0, 0.1) is 93.9 Å². The summed E-state index contributed by atoms with van der Waals surface area (Å²) in [6.45, 7) is 18.5. The van der Waals surface area contributed by atoms with Gasteiger partial charge in [0.2, 0.25) is 0 Å². The molecule has 0 spiro atoms. The standard InChI is InChI=1S/C16H14N2O2S.C16H12N2S.C15H12N2O2S.C15H13NS/c1-9-4-5-10(2)15-14(9)17-16(21-15)12-6-7-13(18(19)20)11(3)8-12;1-10-3-4-11(2)15-14(10)18-16(19-15)13-7-5-12(9-17)6-8-13;1-9-3-4-10(2)14-13(9)16-15(20-14)11-5-7-12(8-6-11)17(18)19;1-10-8-9-11(2)14-13(10)16-15(17-14)12-6-4-3-5-7-12/h4-8H,1-3H3;3-8H,1-2H3;3-8H,1-2H3;3-9H,1-2H3. The number of aromatic nitrogens is 4. The summed E-state index contributed by atoms with van der Waals surface area (Å²) in [5.74, 6) is 0. The number of nitro benzene ring substituents is 2. The van der Waals surface area contributed by atoms with Gasteiger partial charge >= 0.3 is 0 Å². The van der Waals surface area contributed by atoms with E-state index in [1.807, 2.05) is 50.2 Å². The van der Waals surface area contributed by atoms with Gasteiger partial charge in [0.05, 0.1) is 62.3 Å². The molecule has 0 aliphatic rings. The van der Waals surface area contributed by atoms with Crippen molar-refractivity contribution >= 4 is 97.6 Å². The van der Waals surface area contributed by atoms with Crippen molar-refractivity contribution in [3.05, 3.63) is 221 Å². The minimum absolute atomic E-state index is 0.0993. The average Bonchev–Trinajstić information content (AvgIpc) is 4.29. The van der Waals surface area contributed by atoms with Crippen LogP contribution in [0.4, 0.5) is 11.4 Å². The predicted molar refractivity (Wildman–Crippen MR) is 321 cm³/mol. The Morgan fingerprint density at radius 2 is 0.701 bits per heavy atom. The van der Waals surface area contributed by atoms with Crippen molar-refractivity contribution in [1.29, 1.82) is 5.26 Å². The first-order valence-electron chi connectivity index (χ1n) is 24.5. The van der Waals surface area contributed by atoms with Gasteiger partial charge in [0, 0.05) is 46.0 Å². The van der Waals surface area contributed by atoms with Gasteiger partial charge in [-0.05, 0) is 143 Å². The normalized spacial score (nSPS) is 10.9. The number of aryl methyl sites for hydroxylation is 9. The van der Waals surface area contributed by atoms with Crippen LogP contribution in [0.2, 0.25) is 0 Å². The van der Waals surface area contributed by atoms with E-state index in [9.17, 15) is 20.2 Å². The minimum atomic E-state index is -0.392. The molecule has 0 fully saturated rings. The number of benzene rings is 8. The summed E-state index contributed by atoms with van der Waals surface area (Å²) in [6.07, 6.45) is 0. The highest BCUT2D eigenvalue weighted by molar-refractivity contribution is 7.23. The van der Waals surface area contributed by atoms with Gasteiger partial charge < -0.3 is 0 Å². The van der Waals surface area contributed by atoms with Gasteiger partial charge in [-0.1, -0.05) is 91.0 Å². The Bertz CT molecular complexity index is 4070. The maximum Gasteiger partial charge on any atom is 0.272 e. The Labute approximate surface area is 461 Å². The third-order valence-corrected chi connectivity index (χ3v) is 18.0. The number of fused-ring (bicyclic) bond motifs is 4. The highest BCUT2D eigenvalue weighted by atomic mass is 32.1. The summed E-state index contributed by atoms with van der Waals surface area (Å²) in [6, 6.07) is 48.7. The summed E-state index contributed by atoms with van der Waals surface area (Å²) in [5, 5.41) is 34.3. The van der Waals surface area contributed by atoms with Crippen LogP contribution in [0.1, 0.15) is 55.6 Å². The van der Waals surface area contributed by atoms with E-state index in [-0.39, 0.29) is 16.3 Å². The molecule has 0 atom stereocenters. The van der Waals surface area contributed by atoms with Crippen LogP contribution in [0.15, 0.2) is 146 Å². The minimum Gasteiger partial charge on any atom is -0.258 e. The average molecular weight is 1090 g/mol. The molecular formula is C62H51N7O4S4. The van der Waals surface area contributed by atoms with E-state index in [1.165, 1.54) is 69.9 Å². The monoisotopic (exact) mass is 1090 g/mol. The predicted octanol–water partition coefficient (Wildman–Crippen LogP) is 18.3. The Morgan fingerprint density at radius 3 is 1.03 bits per heavy atom. The van der Waals surface area contributed by atoms with Gasteiger partial charge in [-0.15, -0.1) is 45.3 Å². The maximum atomic E-state index is 10.9. The summed E-state index contributed by atoms with van der Waals surface area (Å²) in [5.41, 5.74) is 19.7. The van der Waals surface area contributed by atoms with Crippen molar-refractivity contribution < 1.29 is 9.85 Å². The molecule has 0 saturated carbocycles.